The summed E-state index contributed by atoms with van der Waals surface area (Å²) in [4.78, 5) is 4.62. The molecule has 0 unspecified atom stereocenters. The lowest BCUT2D eigenvalue weighted by Crippen LogP contribution is -2.05. The van der Waals surface area contributed by atoms with Crippen LogP contribution in [0, 0.1) is 27.7 Å². The van der Waals surface area contributed by atoms with Crippen molar-refractivity contribution in [3.8, 4) is 5.75 Å². The van der Waals surface area contributed by atoms with E-state index in [2.05, 4.69) is 62.4 Å². The molecule has 25 heavy (non-hydrogen) atoms. The Morgan fingerprint density at radius 3 is 2.52 bits per heavy atom. The number of hydrogen-bond donors (Lipinski definition) is 0. The lowest BCUT2D eigenvalue weighted by atomic mass is 10.1. The van der Waals surface area contributed by atoms with Crippen molar-refractivity contribution in [1.29, 1.82) is 0 Å². The van der Waals surface area contributed by atoms with Gasteiger partial charge in [0.15, 0.2) is 0 Å². The minimum atomic E-state index is 0. The maximum absolute atomic E-state index is 6.09. The molecule has 3 rings (SSSR count). The smallest absolute Gasteiger partial charge is 0.132 e. The number of nitrogens with zero attached hydrogens (tertiary/aromatic N) is 2. The second kappa shape index (κ2) is 7.92. The molecule has 0 amide bonds. The number of aryl methyl sites for hydroxylation is 4. The van der Waals surface area contributed by atoms with Gasteiger partial charge in [0.2, 0.25) is 0 Å². The molecule has 3 nitrogen and oxygen atoms in total. The van der Waals surface area contributed by atoms with Crippen molar-refractivity contribution in [1.82, 2.24) is 9.55 Å². The van der Waals surface area contributed by atoms with Crippen LogP contribution in [0.1, 0.15) is 41.4 Å². The number of rotatable bonds is 5. The highest BCUT2D eigenvalue weighted by atomic mass is 35.5. The Kier molecular flexibility index (Phi) is 6.12. The van der Waals surface area contributed by atoms with E-state index in [4.69, 9.17) is 4.74 Å². The molecule has 0 radical (unpaired) electrons. The minimum Gasteiger partial charge on any atom is -0.487 e. The third kappa shape index (κ3) is 3.67. The van der Waals surface area contributed by atoms with Crippen LogP contribution in [-0.2, 0) is 13.2 Å². The normalized spacial score (nSPS) is 10.8. The first-order valence-corrected chi connectivity index (χ1v) is 8.66. The maximum Gasteiger partial charge on any atom is 0.132 e. The van der Waals surface area contributed by atoms with Crippen molar-refractivity contribution >= 4 is 23.3 Å². The molecule has 2 heterocycles. The van der Waals surface area contributed by atoms with Gasteiger partial charge in [-0.25, -0.2) is 0 Å². The van der Waals surface area contributed by atoms with Crippen molar-refractivity contribution in [2.45, 2.75) is 54.2 Å². The van der Waals surface area contributed by atoms with Crippen molar-refractivity contribution in [3.63, 3.8) is 0 Å². The Morgan fingerprint density at radius 1 is 1.08 bits per heavy atom. The van der Waals surface area contributed by atoms with E-state index >= 15 is 0 Å². The van der Waals surface area contributed by atoms with Gasteiger partial charge in [-0.1, -0.05) is 24.6 Å². The summed E-state index contributed by atoms with van der Waals surface area (Å²) in [5, 5.41) is 1.29. The first-order valence-electron chi connectivity index (χ1n) is 8.66. The van der Waals surface area contributed by atoms with Gasteiger partial charge in [0.1, 0.15) is 18.1 Å². The predicted molar refractivity (Wildman–Crippen MR) is 107 cm³/mol. The van der Waals surface area contributed by atoms with Crippen LogP contribution in [0.4, 0.5) is 0 Å². The fraction of sp³-hybridized carbons (Fsp3) is 0.381. The minimum absolute atomic E-state index is 0. The molecule has 0 bridgehead atoms. The summed E-state index contributed by atoms with van der Waals surface area (Å²) in [6, 6.07) is 8.40. The highest BCUT2D eigenvalue weighted by molar-refractivity contribution is 5.87. The summed E-state index contributed by atoms with van der Waals surface area (Å²) in [5.74, 6) is 0.932. The monoisotopic (exact) mass is 358 g/mol. The van der Waals surface area contributed by atoms with Gasteiger partial charge in [0.05, 0.1) is 5.52 Å². The van der Waals surface area contributed by atoms with E-state index in [1.807, 2.05) is 12.3 Å². The number of fused-ring (bicyclic) bond motifs is 1. The summed E-state index contributed by atoms with van der Waals surface area (Å²) >= 11 is 0. The molecule has 1 aromatic carbocycles. The molecule has 3 aromatic rings. The van der Waals surface area contributed by atoms with E-state index < -0.39 is 0 Å². The summed E-state index contributed by atoms with van der Waals surface area (Å²) < 4.78 is 8.48. The van der Waals surface area contributed by atoms with E-state index in [-0.39, 0.29) is 12.4 Å². The van der Waals surface area contributed by atoms with Crippen molar-refractivity contribution in [3.05, 3.63) is 58.5 Å². The molecule has 0 fully saturated rings. The van der Waals surface area contributed by atoms with E-state index in [0.29, 0.717) is 6.61 Å². The standard InChI is InChI=1S/C21H26N2O.ClH/c1-6-11-23-17(5)16(4)18-9-10-22-19(21(18)23)13-24-20-8-7-14(2)12-15(20)3;/h7-10,12H,6,11,13H2,1-5H3;1H. The second-order valence-corrected chi connectivity index (χ2v) is 6.57. The highest BCUT2D eigenvalue weighted by Gasteiger charge is 2.15. The molecule has 0 atom stereocenters. The molecule has 0 aliphatic heterocycles. The van der Waals surface area contributed by atoms with Gasteiger partial charge in [-0.2, -0.15) is 0 Å². The summed E-state index contributed by atoms with van der Waals surface area (Å²) in [7, 11) is 0. The number of aromatic nitrogens is 2. The van der Waals surface area contributed by atoms with Gasteiger partial charge in [-0.05, 0) is 57.4 Å². The lowest BCUT2D eigenvalue weighted by molar-refractivity contribution is 0.300. The number of halogens is 1. The van der Waals surface area contributed by atoms with Gasteiger partial charge in [0.25, 0.3) is 0 Å². The molecule has 4 heteroatoms. The Balaban J connectivity index is 0.00000225. The zero-order valence-corrected chi connectivity index (χ0v) is 16.5. The third-order valence-corrected chi connectivity index (χ3v) is 4.76. The number of benzene rings is 1. The molecule has 2 aromatic heterocycles. The molecule has 0 saturated heterocycles. The van der Waals surface area contributed by atoms with Crippen LogP contribution in [0.15, 0.2) is 30.5 Å². The van der Waals surface area contributed by atoms with Crippen LogP contribution in [0.25, 0.3) is 10.9 Å². The van der Waals surface area contributed by atoms with Crippen LogP contribution in [-0.4, -0.2) is 9.55 Å². The van der Waals surface area contributed by atoms with Crippen LogP contribution >= 0.6 is 12.4 Å². The third-order valence-electron chi connectivity index (χ3n) is 4.76. The Morgan fingerprint density at radius 2 is 1.84 bits per heavy atom. The quantitative estimate of drug-likeness (QED) is 0.586. The van der Waals surface area contributed by atoms with Crippen molar-refractivity contribution < 1.29 is 4.74 Å². The van der Waals surface area contributed by atoms with E-state index in [1.54, 1.807) is 0 Å². The van der Waals surface area contributed by atoms with Gasteiger partial charge < -0.3 is 9.30 Å². The number of ether oxygens (including phenoxy) is 1. The average molecular weight is 359 g/mol. The molecule has 0 saturated carbocycles. The molecule has 0 spiro atoms. The van der Waals surface area contributed by atoms with Crippen LogP contribution in [0.2, 0.25) is 0 Å². The molecule has 0 N–H and O–H groups in total. The maximum atomic E-state index is 6.09. The zero-order valence-electron chi connectivity index (χ0n) is 15.7. The number of pyridine rings is 1. The molecule has 134 valence electrons. The van der Waals surface area contributed by atoms with Crippen molar-refractivity contribution in [2.75, 3.05) is 0 Å². The second-order valence-electron chi connectivity index (χ2n) is 6.57. The Bertz CT molecular complexity index is 883. The Labute approximate surface area is 156 Å². The van der Waals surface area contributed by atoms with Gasteiger partial charge in [0, 0.05) is 23.8 Å². The molecular weight excluding hydrogens is 332 g/mol. The van der Waals surface area contributed by atoms with Gasteiger partial charge in [-0.15, -0.1) is 12.4 Å². The highest BCUT2D eigenvalue weighted by Crippen LogP contribution is 2.28. The zero-order chi connectivity index (χ0) is 17.3. The number of hydrogen-bond acceptors (Lipinski definition) is 2. The van der Waals surface area contributed by atoms with Crippen LogP contribution in [0.3, 0.4) is 0 Å². The van der Waals surface area contributed by atoms with E-state index in [1.165, 1.54) is 33.3 Å². The molecule has 0 aliphatic carbocycles. The average Bonchev–Trinajstić information content (AvgIpc) is 2.80. The Hall–Kier alpha value is -2.00. The van der Waals surface area contributed by atoms with Gasteiger partial charge >= 0.3 is 0 Å². The van der Waals surface area contributed by atoms with E-state index in [9.17, 15) is 0 Å². The fourth-order valence-corrected chi connectivity index (χ4v) is 3.38. The fourth-order valence-electron chi connectivity index (χ4n) is 3.38. The lowest BCUT2D eigenvalue weighted by Gasteiger charge is -2.12. The van der Waals surface area contributed by atoms with E-state index in [0.717, 1.165) is 24.4 Å². The summed E-state index contributed by atoms with van der Waals surface area (Å²) in [5.41, 5.74) is 7.32. The van der Waals surface area contributed by atoms with Gasteiger partial charge in [-0.3, -0.25) is 4.98 Å². The topological polar surface area (TPSA) is 27.1 Å². The first kappa shape index (κ1) is 19.3. The molecular formula is C21H27ClN2O. The summed E-state index contributed by atoms with van der Waals surface area (Å²) in [6.45, 7) is 12.3. The van der Waals surface area contributed by atoms with Crippen molar-refractivity contribution in [2.24, 2.45) is 0 Å². The molecule has 0 aliphatic rings. The SMILES string of the molecule is CCCn1c(C)c(C)c2ccnc(COc3ccc(C)cc3C)c21.Cl. The first-order chi connectivity index (χ1) is 11.5. The van der Waals surface area contributed by atoms with Crippen LogP contribution in [0.5, 0.6) is 5.75 Å². The largest absolute Gasteiger partial charge is 0.487 e. The van der Waals surface area contributed by atoms with Crippen LogP contribution < -0.4 is 4.74 Å². The predicted octanol–water partition coefficient (Wildman–Crippen LogP) is 5.68. The summed E-state index contributed by atoms with van der Waals surface area (Å²) in [6.07, 6.45) is 3.00.